The van der Waals surface area contributed by atoms with Gasteiger partial charge in [0.2, 0.25) is 0 Å². The Labute approximate surface area is 148 Å². The third kappa shape index (κ3) is 2.39. The van der Waals surface area contributed by atoms with E-state index in [1.807, 2.05) is 24.3 Å². The van der Waals surface area contributed by atoms with Gasteiger partial charge in [-0.15, -0.1) is 0 Å². The Bertz CT molecular complexity index is 1040. The molecular weight excluding hydrogens is 395 g/mol. The first-order valence-corrected chi connectivity index (χ1v) is 8.92. The van der Waals surface area contributed by atoms with Crippen molar-refractivity contribution in [3.8, 4) is 11.1 Å². The van der Waals surface area contributed by atoms with Crippen molar-refractivity contribution in [1.29, 1.82) is 0 Å². The molecule has 114 valence electrons. The molecule has 0 bridgehead atoms. The van der Waals surface area contributed by atoms with Crippen molar-refractivity contribution < 1.29 is 0 Å². The summed E-state index contributed by atoms with van der Waals surface area (Å²) in [7, 11) is 0. The van der Waals surface area contributed by atoms with E-state index in [2.05, 4.69) is 59.0 Å². The molecule has 4 rings (SSSR count). The highest BCUT2D eigenvalue weighted by Crippen LogP contribution is 2.35. The topological polar surface area (TPSA) is 52.0 Å². The maximum atomic E-state index is 6.39. The van der Waals surface area contributed by atoms with Crippen molar-refractivity contribution in [2.24, 2.45) is 0 Å². The zero-order chi connectivity index (χ0) is 16.0. The molecule has 1 aliphatic rings. The quantitative estimate of drug-likeness (QED) is 0.366. The maximum absolute atomic E-state index is 6.39. The number of hydrogen-bond acceptors (Lipinski definition) is 2. The molecule has 0 saturated heterocycles. The van der Waals surface area contributed by atoms with Gasteiger partial charge >= 0.3 is 0 Å². The minimum atomic E-state index is 0.483. The summed E-state index contributed by atoms with van der Waals surface area (Å²) in [6.07, 6.45) is 5.65. The number of benzene rings is 3. The number of alkyl halides is 1. The molecule has 0 amide bonds. The number of nitrogens with two attached hydrogens (primary N) is 2. The Kier molecular flexibility index (Phi) is 3.53. The van der Waals surface area contributed by atoms with Crippen molar-refractivity contribution >= 4 is 56.9 Å². The van der Waals surface area contributed by atoms with E-state index in [0.29, 0.717) is 3.92 Å². The van der Waals surface area contributed by atoms with E-state index in [1.54, 1.807) is 0 Å². The van der Waals surface area contributed by atoms with Gasteiger partial charge in [0.05, 0.1) is 0 Å². The number of halogens is 1. The molecule has 0 aromatic heterocycles. The van der Waals surface area contributed by atoms with Gasteiger partial charge in [-0.2, -0.15) is 0 Å². The number of rotatable bonds is 1. The second kappa shape index (κ2) is 5.57. The summed E-state index contributed by atoms with van der Waals surface area (Å²) >= 11 is 2.47. The van der Waals surface area contributed by atoms with Crippen LogP contribution in [0.4, 0.5) is 11.4 Å². The SMILES string of the molecule is Nc1ccc2c(c1-c1c(N)ccc3ccccc13)=CC(I)CC=2. The van der Waals surface area contributed by atoms with Gasteiger partial charge in [-0.25, -0.2) is 0 Å². The van der Waals surface area contributed by atoms with Gasteiger partial charge in [-0.3, -0.25) is 0 Å². The zero-order valence-electron chi connectivity index (χ0n) is 12.6. The molecule has 23 heavy (non-hydrogen) atoms. The molecule has 0 heterocycles. The highest BCUT2D eigenvalue weighted by atomic mass is 127. The number of fused-ring (bicyclic) bond motifs is 2. The van der Waals surface area contributed by atoms with Crippen molar-refractivity contribution in [3.05, 3.63) is 59.0 Å². The Balaban J connectivity index is 2.20. The Morgan fingerprint density at radius 2 is 1.61 bits per heavy atom. The molecule has 4 N–H and O–H groups in total. The van der Waals surface area contributed by atoms with E-state index in [4.69, 9.17) is 11.5 Å². The third-order valence-electron chi connectivity index (χ3n) is 4.43. The summed E-state index contributed by atoms with van der Waals surface area (Å²) in [5, 5.41) is 4.78. The lowest BCUT2D eigenvalue weighted by Crippen LogP contribution is -2.32. The Morgan fingerprint density at radius 1 is 0.870 bits per heavy atom. The fourth-order valence-corrected chi connectivity index (χ4v) is 3.96. The van der Waals surface area contributed by atoms with Crippen LogP contribution in [0.1, 0.15) is 6.42 Å². The summed E-state index contributed by atoms with van der Waals surface area (Å²) in [4.78, 5) is 0. The van der Waals surface area contributed by atoms with Crippen LogP contribution in [0.2, 0.25) is 0 Å². The highest BCUT2D eigenvalue weighted by Gasteiger charge is 2.15. The second-order valence-corrected chi connectivity index (χ2v) is 7.51. The van der Waals surface area contributed by atoms with Crippen LogP contribution in [0.15, 0.2) is 48.5 Å². The van der Waals surface area contributed by atoms with Crippen LogP contribution in [0.3, 0.4) is 0 Å². The third-order valence-corrected chi connectivity index (χ3v) is 5.30. The second-order valence-electron chi connectivity index (χ2n) is 5.91. The lowest BCUT2D eigenvalue weighted by Gasteiger charge is -2.16. The van der Waals surface area contributed by atoms with Crippen molar-refractivity contribution in [2.75, 3.05) is 11.5 Å². The van der Waals surface area contributed by atoms with E-state index in [0.717, 1.165) is 34.3 Å². The van der Waals surface area contributed by atoms with Gasteiger partial charge < -0.3 is 11.5 Å². The van der Waals surface area contributed by atoms with E-state index in [1.165, 1.54) is 15.8 Å². The molecule has 0 spiro atoms. The molecule has 3 aromatic rings. The molecule has 1 aliphatic carbocycles. The van der Waals surface area contributed by atoms with Crippen molar-refractivity contribution in [3.63, 3.8) is 0 Å². The summed E-state index contributed by atoms with van der Waals surface area (Å²) in [5.74, 6) is 0. The fourth-order valence-electron chi connectivity index (χ4n) is 3.34. The molecule has 1 unspecified atom stereocenters. The maximum Gasteiger partial charge on any atom is 0.0401 e. The highest BCUT2D eigenvalue weighted by molar-refractivity contribution is 14.1. The van der Waals surface area contributed by atoms with Gasteiger partial charge in [0.1, 0.15) is 0 Å². The number of hydrogen-bond donors (Lipinski definition) is 2. The van der Waals surface area contributed by atoms with Crippen LogP contribution in [-0.4, -0.2) is 3.92 Å². The standard InChI is InChI=1S/C20H17IN2/c21-14-8-5-13-7-10-18(23)20(16(13)11-14)19-15-4-2-1-3-12(15)6-9-17(19)22/h1-7,9-11,14H,8,22-23H2. The first-order chi connectivity index (χ1) is 11.1. The lowest BCUT2D eigenvalue weighted by atomic mass is 9.91. The van der Waals surface area contributed by atoms with Gasteiger partial charge in [-0.05, 0) is 39.8 Å². The lowest BCUT2D eigenvalue weighted by molar-refractivity contribution is 1.17. The van der Waals surface area contributed by atoms with Crippen LogP contribution in [0, 0.1) is 0 Å². The monoisotopic (exact) mass is 412 g/mol. The van der Waals surface area contributed by atoms with Gasteiger partial charge in [0.15, 0.2) is 0 Å². The Morgan fingerprint density at radius 3 is 2.48 bits per heavy atom. The van der Waals surface area contributed by atoms with E-state index in [-0.39, 0.29) is 0 Å². The van der Waals surface area contributed by atoms with Crippen LogP contribution in [0.5, 0.6) is 0 Å². The molecule has 0 saturated carbocycles. The van der Waals surface area contributed by atoms with Crippen LogP contribution in [0.25, 0.3) is 34.1 Å². The first kappa shape index (κ1) is 14.6. The summed E-state index contributed by atoms with van der Waals surface area (Å²) in [5.41, 5.74) is 16.4. The predicted octanol–water partition coefficient (Wildman–Crippen LogP) is 3.44. The minimum absolute atomic E-state index is 0.483. The van der Waals surface area contributed by atoms with Crippen LogP contribution in [-0.2, 0) is 0 Å². The average molecular weight is 412 g/mol. The van der Waals surface area contributed by atoms with Gasteiger partial charge in [0.25, 0.3) is 0 Å². The van der Waals surface area contributed by atoms with Crippen LogP contribution >= 0.6 is 22.6 Å². The minimum Gasteiger partial charge on any atom is -0.398 e. The molecule has 3 heteroatoms. The van der Waals surface area contributed by atoms with Crippen LogP contribution < -0.4 is 21.9 Å². The predicted molar refractivity (Wildman–Crippen MR) is 109 cm³/mol. The molecule has 3 aromatic carbocycles. The molecule has 0 fully saturated rings. The van der Waals surface area contributed by atoms with Gasteiger partial charge in [0, 0.05) is 26.4 Å². The van der Waals surface area contributed by atoms with Gasteiger partial charge in [-0.1, -0.05) is 71.1 Å². The van der Waals surface area contributed by atoms with E-state index < -0.39 is 0 Å². The molecule has 1 atom stereocenters. The fraction of sp³-hybridized carbons (Fsp3) is 0.100. The largest absolute Gasteiger partial charge is 0.398 e. The van der Waals surface area contributed by atoms with Crippen molar-refractivity contribution in [2.45, 2.75) is 10.3 Å². The molecule has 0 aliphatic heterocycles. The normalized spacial score (nSPS) is 16.5. The average Bonchev–Trinajstić information content (AvgIpc) is 2.56. The molecule has 2 nitrogen and oxygen atoms in total. The van der Waals surface area contributed by atoms with Crippen molar-refractivity contribution in [1.82, 2.24) is 0 Å². The summed E-state index contributed by atoms with van der Waals surface area (Å²) < 4.78 is 0.483. The summed E-state index contributed by atoms with van der Waals surface area (Å²) in [6, 6.07) is 16.5. The zero-order valence-corrected chi connectivity index (χ0v) is 14.7. The number of nitrogen functional groups attached to an aromatic ring is 2. The molecular formula is C20H17IN2. The summed E-state index contributed by atoms with van der Waals surface area (Å²) in [6.45, 7) is 0. The number of anilines is 2. The Hall–Kier alpha value is -2.01. The molecule has 0 radical (unpaired) electrons. The van der Waals surface area contributed by atoms with E-state index >= 15 is 0 Å². The first-order valence-electron chi connectivity index (χ1n) is 7.67. The van der Waals surface area contributed by atoms with E-state index in [9.17, 15) is 0 Å². The smallest absolute Gasteiger partial charge is 0.0401 e.